The zero-order valence-electron chi connectivity index (χ0n) is 12.6. The van der Waals surface area contributed by atoms with Gasteiger partial charge in [-0.2, -0.15) is 0 Å². The number of ether oxygens (including phenoxy) is 1. The first kappa shape index (κ1) is 16.1. The molecule has 0 aliphatic rings. The number of rotatable bonds is 6. The van der Waals surface area contributed by atoms with Gasteiger partial charge >= 0.3 is 0 Å². The van der Waals surface area contributed by atoms with Crippen molar-refractivity contribution in [3.05, 3.63) is 63.6 Å². The van der Waals surface area contributed by atoms with Gasteiger partial charge in [-0.1, -0.05) is 47.1 Å². The summed E-state index contributed by atoms with van der Waals surface area (Å²) in [6.07, 6.45) is 1.94. The van der Waals surface area contributed by atoms with Gasteiger partial charge in [0, 0.05) is 10.4 Å². The molecule has 2 aromatic rings. The lowest BCUT2D eigenvalue weighted by Crippen LogP contribution is -2.15. The van der Waals surface area contributed by atoms with E-state index in [-0.39, 0.29) is 0 Å². The van der Waals surface area contributed by atoms with Gasteiger partial charge in [-0.05, 0) is 54.3 Å². The van der Waals surface area contributed by atoms with Gasteiger partial charge in [0.15, 0.2) is 0 Å². The van der Waals surface area contributed by atoms with Crippen LogP contribution < -0.4 is 10.5 Å². The van der Waals surface area contributed by atoms with E-state index in [9.17, 15) is 0 Å². The van der Waals surface area contributed by atoms with Crippen LogP contribution in [0, 0.1) is 0 Å². The summed E-state index contributed by atoms with van der Waals surface area (Å²) in [5.41, 5.74) is 9.83. The molecule has 0 bridgehead atoms. The summed E-state index contributed by atoms with van der Waals surface area (Å²) in [7, 11) is 1.71. The first-order valence-electron chi connectivity index (χ1n) is 7.29. The molecule has 0 saturated carbocycles. The number of benzene rings is 2. The van der Waals surface area contributed by atoms with Gasteiger partial charge in [0.25, 0.3) is 0 Å². The SMILES string of the molecule is CCc1ccc(C(CN)Cc2cc(Br)ccc2OC)cc1. The first-order valence-corrected chi connectivity index (χ1v) is 8.08. The molecule has 1 atom stereocenters. The molecule has 0 aliphatic heterocycles. The van der Waals surface area contributed by atoms with Crippen molar-refractivity contribution < 1.29 is 4.74 Å². The van der Waals surface area contributed by atoms with Crippen LogP contribution in [0.4, 0.5) is 0 Å². The number of aryl methyl sites for hydroxylation is 1. The number of hydrogen-bond donors (Lipinski definition) is 1. The van der Waals surface area contributed by atoms with E-state index in [1.165, 1.54) is 16.7 Å². The highest BCUT2D eigenvalue weighted by atomic mass is 79.9. The largest absolute Gasteiger partial charge is 0.496 e. The molecule has 0 aliphatic carbocycles. The Morgan fingerprint density at radius 3 is 2.43 bits per heavy atom. The van der Waals surface area contributed by atoms with Crippen LogP contribution in [-0.2, 0) is 12.8 Å². The van der Waals surface area contributed by atoms with Crippen LogP contribution in [-0.4, -0.2) is 13.7 Å². The molecule has 112 valence electrons. The zero-order chi connectivity index (χ0) is 15.2. The maximum absolute atomic E-state index is 6.00. The van der Waals surface area contributed by atoms with Crippen molar-refractivity contribution in [1.29, 1.82) is 0 Å². The summed E-state index contributed by atoms with van der Waals surface area (Å²) in [6, 6.07) is 14.9. The normalized spacial score (nSPS) is 12.2. The molecule has 21 heavy (non-hydrogen) atoms. The standard InChI is InChI=1S/C18H22BrNO/c1-3-13-4-6-14(7-5-13)16(12-20)10-15-11-17(19)8-9-18(15)21-2/h4-9,11,16H,3,10,12,20H2,1-2H3. The molecule has 2 N–H and O–H groups in total. The van der Waals surface area contributed by atoms with Crippen molar-refractivity contribution in [3.8, 4) is 5.75 Å². The molecule has 1 unspecified atom stereocenters. The molecular formula is C18H22BrNO. The summed E-state index contributed by atoms with van der Waals surface area (Å²) in [4.78, 5) is 0. The zero-order valence-corrected chi connectivity index (χ0v) is 14.2. The summed E-state index contributed by atoms with van der Waals surface area (Å²) in [5.74, 6) is 1.22. The Morgan fingerprint density at radius 1 is 1.14 bits per heavy atom. The Morgan fingerprint density at radius 2 is 1.86 bits per heavy atom. The van der Waals surface area contributed by atoms with Crippen LogP contribution in [0.15, 0.2) is 46.9 Å². The van der Waals surface area contributed by atoms with Crippen LogP contribution in [0.1, 0.15) is 29.5 Å². The third-order valence-electron chi connectivity index (χ3n) is 3.85. The number of hydrogen-bond acceptors (Lipinski definition) is 2. The van der Waals surface area contributed by atoms with Gasteiger partial charge in [-0.3, -0.25) is 0 Å². The highest BCUT2D eigenvalue weighted by Crippen LogP contribution is 2.29. The molecule has 0 amide bonds. The van der Waals surface area contributed by atoms with E-state index in [4.69, 9.17) is 10.5 Å². The van der Waals surface area contributed by atoms with E-state index in [0.29, 0.717) is 12.5 Å². The number of halogens is 1. The van der Waals surface area contributed by atoms with Crippen LogP contribution in [0.3, 0.4) is 0 Å². The Labute approximate surface area is 135 Å². The summed E-state index contributed by atoms with van der Waals surface area (Å²) >= 11 is 3.53. The Bertz CT molecular complexity index is 580. The van der Waals surface area contributed by atoms with Gasteiger partial charge < -0.3 is 10.5 Å². The van der Waals surface area contributed by atoms with Crippen molar-refractivity contribution in [3.63, 3.8) is 0 Å². The molecule has 2 aromatic carbocycles. The molecule has 0 spiro atoms. The Kier molecular flexibility index (Phi) is 5.83. The van der Waals surface area contributed by atoms with Gasteiger partial charge in [0.2, 0.25) is 0 Å². The van der Waals surface area contributed by atoms with Gasteiger partial charge in [-0.15, -0.1) is 0 Å². The molecule has 0 saturated heterocycles. The summed E-state index contributed by atoms with van der Waals surface area (Å²) in [5, 5.41) is 0. The molecule has 0 aromatic heterocycles. The van der Waals surface area contributed by atoms with Crippen LogP contribution >= 0.6 is 15.9 Å². The average Bonchev–Trinajstić information content (AvgIpc) is 2.53. The lowest BCUT2D eigenvalue weighted by Gasteiger charge is -2.18. The molecular weight excluding hydrogens is 326 g/mol. The second-order valence-corrected chi connectivity index (χ2v) is 6.10. The fourth-order valence-corrected chi connectivity index (χ4v) is 2.94. The number of methoxy groups -OCH3 is 1. The first-order chi connectivity index (χ1) is 10.2. The van der Waals surface area contributed by atoms with Crippen molar-refractivity contribution in [2.45, 2.75) is 25.7 Å². The van der Waals surface area contributed by atoms with Crippen molar-refractivity contribution >= 4 is 15.9 Å². The fourth-order valence-electron chi connectivity index (χ4n) is 2.53. The second kappa shape index (κ2) is 7.62. The van der Waals surface area contributed by atoms with Gasteiger partial charge in [0.1, 0.15) is 5.75 Å². The summed E-state index contributed by atoms with van der Waals surface area (Å²) < 4.78 is 6.52. The highest BCUT2D eigenvalue weighted by molar-refractivity contribution is 9.10. The minimum absolute atomic E-state index is 0.305. The average molecular weight is 348 g/mol. The van der Waals surface area contributed by atoms with E-state index in [1.54, 1.807) is 7.11 Å². The third kappa shape index (κ3) is 4.08. The highest BCUT2D eigenvalue weighted by Gasteiger charge is 2.14. The molecule has 0 radical (unpaired) electrons. The van der Waals surface area contributed by atoms with E-state index >= 15 is 0 Å². The van der Waals surface area contributed by atoms with E-state index in [0.717, 1.165) is 23.1 Å². The van der Waals surface area contributed by atoms with Crippen LogP contribution in [0.5, 0.6) is 5.75 Å². The van der Waals surface area contributed by atoms with Crippen LogP contribution in [0.2, 0.25) is 0 Å². The van der Waals surface area contributed by atoms with E-state index < -0.39 is 0 Å². The minimum atomic E-state index is 0.305. The molecule has 3 heteroatoms. The number of nitrogens with two attached hydrogens (primary N) is 1. The van der Waals surface area contributed by atoms with E-state index in [2.05, 4.69) is 53.2 Å². The topological polar surface area (TPSA) is 35.2 Å². The fraction of sp³-hybridized carbons (Fsp3) is 0.333. The molecule has 0 fully saturated rings. The maximum Gasteiger partial charge on any atom is 0.122 e. The van der Waals surface area contributed by atoms with Crippen molar-refractivity contribution in [2.75, 3.05) is 13.7 Å². The molecule has 2 rings (SSSR count). The maximum atomic E-state index is 6.00. The predicted molar refractivity (Wildman–Crippen MR) is 92.0 cm³/mol. The Balaban J connectivity index is 2.23. The van der Waals surface area contributed by atoms with Crippen LogP contribution in [0.25, 0.3) is 0 Å². The minimum Gasteiger partial charge on any atom is -0.496 e. The Hall–Kier alpha value is -1.32. The van der Waals surface area contributed by atoms with Crippen molar-refractivity contribution in [1.82, 2.24) is 0 Å². The third-order valence-corrected chi connectivity index (χ3v) is 4.35. The molecule has 2 nitrogen and oxygen atoms in total. The smallest absolute Gasteiger partial charge is 0.122 e. The van der Waals surface area contributed by atoms with E-state index in [1.807, 2.05) is 12.1 Å². The van der Waals surface area contributed by atoms with Gasteiger partial charge in [-0.25, -0.2) is 0 Å². The quantitative estimate of drug-likeness (QED) is 0.845. The van der Waals surface area contributed by atoms with Gasteiger partial charge in [0.05, 0.1) is 7.11 Å². The second-order valence-electron chi connectivity index (χ2n) is 5.19. The predicted octanol–water partition coefficient (Wildman–Crippen LogP) is 4.31. The lowest BCUT2D eigenvalue weighted by molar-refractivity contribution is 0.408. The monoisotopic (exact) mass is 347 g/mol. The summed E-state index contributed by atoms with van der Waals surface area (Å²) in [6.45, 7) is 2.79. The molecule has 0 heterocycles. The lowest BCUT2D eigenvalue weighted by atomic mass is 9.91. The van der Waals surface area contributed by atoms with Crippen molar-refractivity contribution in [2.24, 2.45) is 5.73 Å².